The molecule has 3 atom stereocenters. The summed E-state index contributed by atoms with van der Waals surface area (Å²) in [6.07, 6.45) is 1.15. The third kappa shape index (κ3) is 3.42. The number of thioether (sulfide) groups is 1. The van der Waals surface area contributed by atoms with E-state index in [2.05, 4.69) is 46.7 Å². The lowest BCUT2D eigenvalue weighted by molar-refractivity contribution is -0.149. The number of fused-ring (bicyclic) bond motifs is 1. The molecule has 5 nitrogen and oxygen atoms in total. The van der Waals surface area contributed by atoms with Gasteiger partial charge in [0.1, 0.15) is 11.4 Å². The van der Waals surface area contributed by atoms with Crippen LogP contribution in [0.4, 0.5) is 0 Å². The van der Waals surface area contributed by atoms with E-state index >= 15 is 0 Å². The molecular formula is C27H25N3O2S. The molecule has 2 heterocycles. The van der Waals surface area contributed by atoms with Crippen LogP contribution in [-0.4, -0.2) is 39.2 Å². The summed E-state index contributed by atoms with van der Waals surface area (Å²) in [5.41, 5.74) is 2.43. The van der Waals surface area contributed by atoms with Gasteiger partial charge in [0.25, 0.3) is 0 Å². The van der Waals surface area contributed by atoms with Crippen molar-refractivity contribution in [3.8, 4) is 0 Å². The Bertz CT molecular complexity index is 1100. The number of rotatable bonds is 6. The zero-order valence-corrected chi connectivity index (χ0v) is 19.3. The van der Waals surface area contributed by atoms with Gasteiger partial charge < -0.3 is 4.90 Å². The van der Waals surface area contributed by atoms with Gasteiger partial charge in [-0.1, -0.05) is 91.0 Å². The molecule has 3 aromatic carbocycles. The summed E-state index contributed by atoms with van der Waals surface area (Å²) in [4.78, 5) is 30.2. The fourth-order valence-corrected chi connectivity index (χ4v) is 6.59. The molecule has 0 radical (unpaired) electrons. The monoisotopic (exact) mass is 455 g/mol. The van der Waals surface area contributed by atoms with Crippen molar-refractivity contribution in [3.63, 3.8) is 0 Å². The maximum Gasteiger partial charge on any atom is 0.245 e. The number of isocyanates is 1. The molecule has 2 unspecified atom stereocenters. The van der Waals surface area contributed by atoms with E-state index in [1.807, 2.05) is 68.4 Å². The summed E-state index contributed by atoms with van der Waals surface area (Å²) in [7, 11) is 0. The van der Waals surface area contributed by atoms with E-state index in [-0.39, 0.29) is 16.0 Å². The Balaban J connectivity index is 1.64. The van der Waals surface area contributed by atoms with Gasteiger partial charge in [-0.2, -0.15) is 4.99 Å². The molecule has 1 amide bonds. The second-order valence-electron chi connectivity index (χ2n) is 8.92. The Kier molecular flexibility index (Phi) is 5.45. The molecule has 2 aliphatic rings. The molecule has 0 spiro atoms. The van der Waals surface area contributed by atoms with Gasteiger partial charge in [-0.05, 0) is 30.5 Å². The average Bonchev–Trinajstić information content (AvgIpc) is 3.09. The van der Waals surface area contributed by atoms with Crippen molar-refractivity contribution in [3.05, 3.63) is 108 Å². The lowest BCUT2D eigenvalue weighted by Crippen LogP contribution is -2.71. The van der Waals surface area contributed by atoms with Crippen molar-refractivity contribution < 1.29 is 9.59 Å². The Morgan fingerprint density at radius 3 is 1.76 bits per heavy atom. The van der Waals surface area contributed by atoms with Crippen LogP contribution in [0.25, 0.3) is 0 Å². The first-order valence-corrected chi connectivity index (χ1v) is 11.9. The minimum absolute atomic E-state index is 0.0470. The van der Waals surface area contributed by atoms with Crippen molar-refractivity contribution in [2.75, 3.05) is 0 Å². The van der Waals surface area contributed by atoms with Gasteiger partial charge in [0, 0.05) is 0 Å². The van der Waals surface area contributed by atoms with Crippen molar-refractivity contribution in [1.82, 2.24) is 10.2 Å². The molecule has 0 bridgehead atoms. The summed E-state index contributed by atoms with van der Waals surface area (Å²) in [5.74, 6) is -0.0470. The number of nitrogens with one attached hydrogen (secondary N) is 1. The summed E-state index contributed by atoms with van der Waals surface area (Å²) in [6.45, 7) is 4.04. The lowest BCUT2D eigenvalue weighted by atomic mass is 9.76. The average molecular weight is 456 g/mol. The quantitative estimate of drug-likeness (QED) is 0.261. The Hall–Kier alpha value is -3.18. The number of hydrogen-bond donors (Lipinski definition) is 1. The third-order valence-corrected chi connectivity index (χ3v) is 8.12. The van der Waals surface area contributed by atoms with E-state index in [4.69, 9.17) is 0 Å². The molecular weight excluding hydrogens is 430 g/mol. The zero-order valence-electron chi connectivity index (χ0n) is 18.5. The topological polar surface area (TPSA) is 61.8 Å². The maximum absolute atomic E-state index is 13.4. The van der Waals surface area contributed by atoms with E-state index in [0.717, 1.165) is 16.7 Å². The highest BCUT2D eigenvalue weighted by atomic mass is 32.2. The minimum atomic E-state index is -0.729. The number of β-lactam (4-membered cyclic amide) rings is 1. The van der Waals surface area contributed by atoms with Crippen LogP contribution in [0.3, 0.4) is 0 Å². The molecule has 1 N–H and O–H groups in total. The molecule has 2 aliphatic heterocycles. The number of hydrogen-bond acceptors (Lipinski definition) is 5. The molecule has 6 heteroatoms. The molecule has 0 saturated carbocycles. The minimum Gasteiger partial charge on any atom is -0.303 e. The fourth-order valence-electron chi connectivity index (χ4n) is 5.03. The highest BCUT2D eigenvalue weighted by Crippen LogP contribution is 2.52. The standard InChI is InChI=1S/C27H25N3O2S/c1-26(2)25(28-18-31)30-23(32)22(24(30)33-26)29-27(19-12-6-3-7-13-19,20-14-8-4-9-15-20)21-16-10-5-11-17-21/h3-17,22,24-25,29H,1-2H3/t22?,24-,25?/m1/s1. The normalized spacial score (nSPS) is 23.4. The summed E-state index contributed by atoms with van der Waals surface area (Å²) in [5, 5.41) is 3.66. The number of nitrogens with zero attached hydrogens (tertiary/aromatic N) is 2. The maximum atomic E-state index is 13.4. The van der Waals surface area contributed by atoms with E-state index in [9.17, 15) is 9.59 Å². The van der Waals surface area contributed by atoms with E-state index < -0.39 is 17.7 Å². The summed E-state index contributed by atoms with van der Waals surface area (Å²) >= 11 is 1.67. The van der Waals surface area contributed by atoms with Crippen molar-refractivity contribution in [1.29, 1.82) is 0 Å². The lowest BCUT2D eigenvalue weighted by Gasteiger charge is -2.49. The molecule has 33 heavy (non-hydrogen) atoms. The van der Waals surface area contributed by atoms with Crippen molar-refractivity contribution in [2.24, 2.45) is 4.99 Å². The molecule has 166 valence electrons. The smallest absolute Gasteiger partial charge is 0.245 e. The van der Waals surface area contributed by atoms with Gasteiger partial charge in [-0.25, -0.2) is 4.79 Å². The van der Waals surface area contributed by atoms with Crippen LogP contribution < -0.4 is 5.32 Å². The van der Waals surface area contributed by atoms with Gasteiger partial charge >= 0.3 is 0 Å². The van der Waals surface area contributed by atoms with Crippen LogP contribution in [0.2, 0.25) is 0 Å². The second-order valence-corrected chi connectivity index (χ2v) is 10.7. The Morgan fingerprint density at radius 1 is 0.879 bits per heavy atom. The molecule has 0 aromatic heterocycles. The number of carbonyl (C=O) groups excluding carboxylic acids is 2. The van der Waals surface area contributed by atoms with Crippen molar-refractivity contribution in [2.45, 2.75) is 41.7 Å². The third-order valence-electron chi connectivity index (χ3n) is 6.56. The fraction of sp³-hybridized carbons (Fsp3) is 0.259. The zero-order chi connectivity index (χ0) is 23.1. The Morgan fingerprint density at radius 2 is 1.33 bits per heavy atom. The molecule has 2 saturated heterocycles. The van der Waals surface area contributed by atoms with E-state index in [0.29, 0.717) is 0 Å². The number of benzene rings is 3. The molecule has 2 fully saturated rings. The van der Waals surface area contributed by atoms with Gasteiger partial charge in [0.15, 0.2) is 6.17 Å². The van der Waals surface area contributed by atoms with Gasteiger partial charge in [-0.3, -0.25) is 10.1 Å². The van der Waals surface area contributed by atoms with Crippen LogP contribution >= 0.6 is 11.8 Å². The first-order valence-electron chi connectivity index (χ1n) is 11.0. The largest absolute Gasteiger partial charge is 0.303 e. The molecule has 3 aromatic rings. The van der Waals surface area contributed by atoms with Crippen LogP contribution in [0.15, 0.2) is 96.0 Å². The van der Waals surface area contributed by atoms with E-state index in [1.165, 1.54) is 0 Å². The highest BCUT2D eigenvalue weighted by molar-refractivity contribution is 8.01. The second kappa shape index (κ2) is 8.31. The Labute approximate surface area is 197 Å². The molecule has 5 rings (SSSR count). The SMILES string of the molecule is CC1(C)S[C@@H]2C(NC(c3ccccc3)(c3ccccc3)c3ccccc3)C(=O)N2C1N=C=O. The van der Waals surface area contributed by atoms with Gasteiger partial charge in [0.2, 0.25) is 12.0 Å². The summed E-state index contributed by atoms with van der Waals surface area (Å²) in [6, 6.07) is 30.3. The van der Waals surface area contributed by atoms with Gasteiger partial charge in [0.05, 0.1) is 10.3 Å². The van der Waals surface area contributed by atoms with Gasteiger partial charge in [-0.15, -0.1) is 11.8 Å². The highest BCUT2D eigenvalue weighted by Gasteiger charge is 2.63. The molecule has 0 aliphatic carbocycles. The number of carbonyl (C=O) groups is 1. The first-order chi connectivity index (χ1) is 16.0. The van der Waals surface area contributed by atoms with E-state index in [1.54, 1.807) is 22.7 Å². The van der Waals surface area contributed by atoms with Crippen molar-refractivity contribution >= 4 is 23.7 Å². The predicted molar refractivity (Wildman–Crippen MR) is 130 cm³/mol. The van der Waals surface area contributed by atoms with Crippen LogP contribution in [-0.2, 0) is 15.1 Å². The number of amides is 1. The van der Waals surface area contributed by atoms with Crippen LogP contribution in [0, 0.1) is 0 Å². The summed E-state index contributed by atoms with van der Waals surface area (Å²) < 4.78 is -0.372. The van der Waals surface area contributed by atoms with Crippen LogP contribution in [0.1, 0.15) is 30.5 Å². The first kappa shape index (κ1) is 21.7. The number of aliphatic imine (C=N–C) groups is 1. The predicted octanol–water partition coefficient (Wildman–Crippen LogP) is 4.29. The van der Waals surface area contributed by atoms with Crippen LogP contribution in [0.5, 0.6) is 0 Å².